The zero-order valence-electron chi connectivity index (χ0n) is 18.8. The number of amides is 1. The summed E-state index contributed by atoms with van der Waals surface area (Å²) in [6, 6.07) is 23.8. The summed E-state index contributed by atoms with van der Waals surface area (Å²) < 4.78 is 5.89. The monoisotopic (exact) mass is 465 g/mol. The van der Waals surface area contributed by atoms with E-state index in [1.807, 2.05) is 54.6 Å². The van der Waals surface area contributed by atoms with Crippen LogP contribution in [0.1, 0.15) is 40.0 Å². The number of carbonyl (C=O) groups excluding carboxylic acids is 1. The fourth-order valence-corrected chi connectivity index (χ4v) is 5.40. The van der Waals surface area contributed by atoms with Gasteiger partial charge in [-0.1, -0.05) is 78.9 Å². The van der Waals surface area contributed by atoms with E-state index in [0.29, 0.717) is 11.4 Å². The molecule has 174 valence electrons. The molecule has 2 N–H and O–H groups in total. The average Bonchev–Trinajstić information content (AvgIpc) is 3.49. The number of aromatic nitrogens is 2. The van der Waals surface area contributed by atoms with E-state index in [1.54, 1.807) is 6.33 Å². The van der Waals surface area contributed by atoms with Gasteiger partial charge in [-0.3, -0.25) is 4.90 Å². The third-order valence-electron chi connectivity index (χ3n) is 6.97. The normalized spacial score (nSPS) is 18.5. The standard InChI is InChI=1S/C28H23N3O4/c32-27(33)24-14-23-25(30-16-29-23)26(17-8-2-1-3-9-17)31(24)28(34)35-15-22-20-12-6-4-10-18(20)19-11-5-7-13-21(19)22/h1-13,16,22,24,26H,14-15H2,(H,29,30)(H,32,33). The molecule has 2 heterocycles. The maximum atomic E-state index is 13.6. The van der Waals surface area contributed by atoms with Gasteiger partial charge in [0.2, 0.25) is 0 Å². The SMILES string of the molecule is O=C(O)C1Cc2[nH]cnc2C(c2ccccc2)N1C(=O)OCC1c2ccccc2-c2ccccc21. The van der Waals surface area contributed by atoms with Crippen molar-refractivity contribution < 1.29 is 19.4 Å². The Kier molecular flexibility index (Phi) is 5.10. The van der Waals surface area contributed by atoms with Gasteiger partial charge in [0, 0.05) is 18.0 Å². The van der Waals surface area contributed by atoms with Crippen molar-refractivity contribution in [3.05, 3.63) is 113 Å². The maximum absolute atomic E-state index is 13.6. The average molecular weight is 466 g/mol. The van der Waals surface area contributed by atoms with Crippen LogP contribution in [0.3, 0.4) is 0 Å². The van der Waals surface area contributed by atoms with Gasteiger partial charge in [0.25, 0.3) is 0 Å². The summed E-state index contributed by atoms with van der Waals surface area (Å²) in [5.41, 5.74) is 6.60. The number of carboxylic acids is 1. The summed E-state index contributed by atoms with van der Waals surface area (Å²) in [4.78, 5) is 34.7. The van der Waals surface area contributed by atoms with Crippen molar-refractivity contribution in [1.82, 2.24) is 14.9 Å². The molecule has 7 heteroatoms. The van der Waals surface area contributed by atoms with Gasteiger partial charge in [0.1, 0.15) is 18.7 Å². The van der Waals surface area contributed by atoms with Gasteiger partial charge in [0.15, 0.2) is 0 Å². The zero-order chi connectivity index (χ0) is 23.9. The van der Waals surface area contributed by atoms with Crippen molar-refractivity contribution in [1.29, 1.82) is 0 Å². The first-order chi connectivity index (χ1) is 17.1. The Morgan fingerprint density at radius 3 is 2.23 bits per heavy atom. The fraction of sp³-hybridized carbons (Fsp3) is 0.179. The van der Waals surface area contributed by atoms with Crippen LogP contribution < -0.4 is 0 Å². The van der Waals surface area contributed by atoms with Crippen LogP contribution in [-0.2, 0) is 16.0 Å². The number of aromatic amines is 1. The van der Waals surface area contributed by atoms with Crippen molar-refractivity contribution in [3.8, 4) is 11.1 Å². The number of ether oxygens (including phenoxy) is 1. The van der Waals surface area contributed by atoms with Crippen LogP contribution in [-0.4, -0.2) is 44.7 Å². The molecule has 1 amide bonds. The fourth-order valence-electron chi connectivity index (χ4n) is 5.40. The number of H-pyrrole nitrogens is 1. The molecule has 2 unspecified atom stereocenters. The van der Waals surface area contributed by atoms with Crippen molar-refractivity contribution in [2.45, 2.75) is 24.4 Å². The Morgan fingerprint density at radius 1 is 0.943 bits per heavy atom. The quantitative estimate of drug-likeness (QED) is 0.453. The number of hydrogen-bond donors (Lipinski definition) is 2. The second-order valence-electron chi connectivity index (χ2n) is 8.85. The highest BCUT2D eigenvalue weighted by molar-refractivity contribution is 5.82. The van der Waals surface area contributed by atoms with E-state index in [-0.39, 0.29) is 18.9 Å². The predicted octanol–water partition coefficient (Wildman–Crippen LogP) is 4.76. The summed E-state index contributed by atoms with van der Waals surface area (Å²) in [7, 11) is 0. The Balaban J connectivity index is 1.34. The van der Waals surface area contributed by atoms with Crippen LogP contribution >= 0.6 is 0 Å². The molecule has 0 saturated heterocycles. The first kappa shape index (κ1) is 21.2. The summed E-state index contributed by atoms with van der Waals surface area (Å²) in [6.45, 7) is 0.116. The van der Waals surface area contributed by atoms with Crippen LogP contribution in [0.15, 0.2) is 85.2 Å². The Bertz CT molecular complexity index is 1370. The number of nitrogens with zero attached hydrogens (tertiary/aromatic N) is 2. The van der Waals surface area contributed by atoms with E-state index in [4.69, 9.17) is 4.74 Å². The van der Waals surface area contributed by atoms with Gasteiger partial charge in [-0.05, 0) is 27.8 Å². The molecule has 2 aliphatic rings. The molecule has 7 nitrogen and oxygen atoms in total. The van der Waals surface area contributed by atoms with Gasteiger partial charge < -0.3 is 14.8 Å². The van der Waals surface area contributed by atoms with Gasteiger partial charge in [0.05, 0.1) is 12.0 Å². The largest absolute Gasteiger partial charge is 0.480 e. The van der Waals surface area contributed by atoms with Crippen LogP contribution in [0, 0.1) is 0 Å². The molecule has 2 atom stereocenters. The smallest absolute Gasteiger partial charge is 0.411 e. The number of fused-ring (bicyclic) bond motifs is 4. The number of carboxylic acid groups (broad SMARTS) is 1. The zero-order valence-corrected chi connectivity index (χ0v) is 18.8. The Hall–Kier alpha value is -4.39. The summed E-state index contributed by atoms with van der Waals surface area (Å²) >= 11 is 0. The Morgan fingerprint density at radius 2 is 1.57 bits per heavy atom. The minimum atomic E-state index is -1.08. The molecule has 0 radical (unpaired) electrons. The number of imidazole rings is 1. The second kappa shape index (κ2) is 8.43. The Labute approximate surface area is 202 Å². The molecule has 0 fully saturated rings. The van der Waals surface area contributed by atoms with E-state index in [9.17, 15) is 14.7 Å². The number of carbonyl (C=O) groups is 2. The lowest BCUT2D eigenvalue weighted by Crippen LogP contribution is -2.52. The topological polar surface area (TPSA) is 95.5 Å². The second-order valence-corrected chi connectivity index (χ2v) is 8.85. The number of hydrogen-bond acceptors (Lipinski definition) is 4. The molecule has 1 aliphatic heterocycles. The number of benzene rings is 3. The first-order valence-electron chi connectivity index (χ1n) is 11.6. The van der Waals surface area contributed by atoms with E-state index in [1.165, 1.54) is 4.90 Å². The lowest BCUT2D eigenvalue weighted by atomic mass is 9.91. The lowest BCUT2D eigenvalue weighted by molar-refractivity contribution is -0.143. The minimum Gasteiger partial charge on any atom is -0.480 e. The highest BCUT2D eigenvalue weighted by Gasteiger charge is 2.44. The molecule has 1 aromatic heterocycles. The van der Waals surface area contributed by atoms with E-state index in [0.717, 1.165) is 27.8 Å². The first-order valence-corrected chi connectivity index (χ1v) is 11.6. The summed E-state index contributed by atoms with van der Waals surface area (Å²) in [6.07, 6.45) is 1.01. The third-order valence-corrected chi connectivity index (χ3v) is 6.97. The molecular formula is C28H23N3O4. The molecule has 4 aromatic rings. The van der Waals surface area contributed by atoms with E-state index in [2.05, 4.69) is 34.2 Å². The summed E-state index contributed by atoms with van der Waals surface area (Å²) in [5.74, 6) is -1.20. The highest BCUT2D eigenvalue weighted by atomic mass is 16.6. The predicted molar refractivity (Wildman–Crippen MR) is 129 cm³/mol. The van der Waals surface area contributed by atoms with E-state index < -0.39 is 24.1 Å². The van der Waals surface area contributed by atoms with Gasteiger partial charge in [-0.25, -0.2) is 14.6 Å². The molecule has 6 rings (SSSR count). The van der Waals surface area contributed by atoms with Crippen molar-refractivity contribution >= 4 is 12.1 Å². The van der Waals surface area contributed by atoms with Gasteiger partial charge >= 0.3 is 12.1 Å². The van der Waals surface area contributed by atoms with Gasteiger partial charge in [-0.2, -0.15) is 0 Å². The number of rotatable bonds is 4. The van der Waals surface area contributed by atoms with Crippen molar-refractivity contribution in [2.24, 2.45) is 0 Å². The summed E-state index contributed by atoms with van der Waals surface area (Å²) in [5, 5.41) is 10.0. The van der Waals surface area contributed by atoms with Crippen LogP contribution in [0.2, 0.25) is 0 Å². The third kappa shape index (κ3) is 3.47. The molecule has 3 aromatic carbocycles. The molecule has 0 spiro atoms. The highest BCUT2D eigenvalue weighted by Crippen LogP contribution is 2.45. The van der Waals surface area contributed by atoms with Crippen LogP contribution in [0.4, 0.5) is 4.79 Å². The lowest BCUT2D eigenvalue weighted by Gasteiger charge is -2.38. The maximum Gasteiger partial charge on any atom is 0.411 e. The molecule has 35 heavy (non-hydrogen) atoms. The number of nitrogens with one attached hydrogen (secondary N) is 1. The molecule has 0 saturated carbocycles. The number of aliphatic carboxylic acids is 1. The van der Waals surface area contributed by atoms with Crippen molar-refractivity contribution in [3.63, 3.8) is 0 Å². The van der Waals surface area contributed by atoms with E-state index >= 15 is 0 Å². The van der Waals surface area contributed by atoms with Crippen LogP contribution in [0.5, 0.6) is 0 Å². The minimum absolute atomic E-state index is 0.115. The van der Waals surface area contributed by atoms with Crippen molar-refractivity contribution in [2.75, 3.05) is 6.61 Å². The molecule has 1 aliphatic carbocycles. The molecule has 0 bridgehead atoms. The van der Waals surface area contributed by atoms with Gasteiger partial charge in [-0.15, -0.1) is 0 Å². The van der Waals surface area contributed by atoms with Crippen LogP contribution in [0.25, 0.3) is 11.1 Å². The molecular weight excluding hydrogens is 442 g/mol.